The molecule has 0 unspecified atom stereocenters. The fourth-order valence-electron chi connectivity index (χ4n) is 4.06. The minimum Gasteiger partial charge on any atom is -0.354 e. The van der Waals surface area contributed by atoms with Crippen LogP contribution in [0.1, 0.15) is 0 Å². The summed E-state index contributed by atoms with van der Waals surface area (Å²) in [4.78, 5) is 21.6. The predicted molar refractivity (Wildman–Crippen MR) is 144 cm³/mol. The first-order chi connectivity index (χ1) is 17.3. The molecule has 0 atom stereocenters. The number of sulfonamides is 1. The van der Waals surface area contributed by atoms with Gasteiger partial charge in [0, 0.05) is 39.4 Å². The van der Waals surface area contributed by atoms with Crippen LogP contribution >= 0.6 is 0 Å². The molecule has 3 N–H and O–H groups in total. The van der Waals surface area contributed by atoms with Crippen LogP contribution in [0, 0.1) is 0 Å². The lowest BCUT2D eigenvalue weighted by atomic mass is 10.2. The highest BCUT2D eigenvalue weighted by Gasteiger charge is 2.18. The van der Waals surface area contributed by atoms with Gasteiger partial charge in [-0.05, 0) is 37.4 Å². The van der Waals surface area contributed by atoms with Crippen molar-refractivity contribution in [3.8, 4) is 0 Å². The third-order valence-electron chi connectivity index (χ3n) is 6.24. The van der Waals surface area contributed by atoms with E-state index in [-0.39, 0.29) is 0 Å². The van der Waals surface area contributed by atoms with Gasteiger partial charge < -0.3 is 25.4 Å². The molecule has 4 heterocycles. The van der Waals surface area contributed by atoms with E-state index < -0.39 is 10.0 Å². The number of aromatic nitrogens is 4. The van der Waals surface area contributed by atoms with Crippen molar-refractivity contribution >= 4 is 55.7 Å². The maximum atomic E-state index is 12.2. The molecule has 0 amide bonds. The van der Waals surface area contributed by atoms with Crippen molar-refractivity contribution in [2.45, 2.75) is 0 Å². The van der Waals surface area contributed by atoms with Gasteiger partial charge in [-0.2, -0.15) is 9.97 Å². The zero-order chi connectivity index (χ0) is 25.3. The summed E-state index contributed by atoms with van der Waals surface area (Å²) in [6.45, 7) is 3.94. The molecule has 1 aliphatic heterocycles. The van der Waals surface area contributed by atoms with Crippen LogP contribution in [0.2, 0.25) is 0 Å². The monoisotopic (exact) mass is 507 g/mol. The lowest BCUT2D eigenvalue weighted by Gasteiger charge is -2.33. The van der Waals surface area contributed by atoms with Gasteiger partial charge >= 0.3 is 0 Å². The molecule has 1 saturated heterocycles. The Labute approximate surface area is 210 Å². The third kappa shape index (κ3) is 5.04. The van der Waals surface area contributed by atoms with Crippen molar-refractivity contribution in [1.29, 1.82) is 0 Å². The number of piperazine rings is 1. The van der Waals surface area contributed by atoms with Gasteiger partial charge in [-0.1, -0.05) is 12.1 Å². The van der Waals surface area contributed by atoms with Crippen LogP contribution in [-0.4, -0.2) is 79.8 Å². The van der Waals surface area contributed by atoms with E-state index in [9.17, 15) is 8.42 Å². The number of nitrogens with one attached hydrogen (secondary N) is 3. The number of pyridine rings is 1. The number of para-hydroxylation sites is 2. The van der Waals surface area contributed by atoms with Gasteiger partial charge in [0.05, 0.1) is 34.9 Å². The van der Waals surface area contributed by atoms with Gasteiger partial charge in [-0.3, -0.25) is 4.31 Å². The molecule has 0 bridgehead atoms. The van der Waals surface area contributed by atoms with Crippen molar-refractivity contribution in [3.05, 3.63) is 54.9 Å². The molecule has 0 aliphatic carbocycles. The number of hydrogen-bond acceptors (Lipinski definition) is 9. The molecule has 1 aliphatic rings. The number of anilines is 6. The minimum absolute atomic E-state index is 0.385. The molecule has 0 spiro atoms. The van der Waals surface area contributed by atoms with Crippen LogP contribution in [0.25, 0.3) is 11.0 Å². The number of aromatic amines is 1. The summed E-state index contributed by atoms with van der Waals surface area (Å²) in [5.41, 5.74) is 2.53. The standard InChI is InChI=1S/C24H29N9O2S/c1-31-12-14-33(15-13-31)21-9-8-17(16-26-21)27-24-29-22-18(10-11-25-22)23(30-24)28-19-6-4-5-7-20(19)32(2)36(3,34)35/h4-11,16H,12-15H2,1-3H3,(H3,25,27,28,29,30). The zero-order valence-corrected chi connectivity index (χ0v) is 21.2. The summed E-state index contributed by atoms with van der Waals surface area (Å²) in [7, 11) is 0.214. The largest absolute Gasteiger partial charge is 0.354 e. The summed E-state index contributed by atoms with van der Waals surface area (Å²) in [5.74, 6) is 1.87. The first kappa shape index (κ1) is 23.8. The molecule has 0 radical (unpaired) electrons. The lowest BCUT2D eigenvalue weighted by molar-refractivity contribution is 0.312. The number of benzene rings is 1. The van der Waals surface area contributed by atoms with Crippen LogP contribution in [-0.2, 0) is 10.0 Å². The van der Waals surface area contributed by atoms with E-state index in [1.165, 1.54) is 17.6 Å². The van der Waals surface area contributed by atoms with Gasteiger partial charge in [-0.25, -0.2) is 13.4 Å². The number of H-pyrrole nitrogens is 1. The van der Waals surface area contributed by atoms with E-state index in [0.29, 0.717) is 28.8 Å². The number of nitrogens with zero attached hydrogens (tertiary/aromatic N) is 6. The second kappa shape index (κ2) is 9.63. The van der Waals surface area contributed by atoms with Crippen LogP contribution in [0.4, 0.5) is 34.6 Å². The van der Waals surface area contributed by atoms with Gasteiger partial charge in [-0.15, -0.1) is 0 Å². The Bertz CT molecular complexity index is 1460. The van der Waals surface area contributed by atoms with E-state index in [4.69, 9.17) is 0 Å². The van der Waals surface area contributed by atoms with Crippen molar-refractivity contribution < 1.29 is 8.42 Å². The Kier molecular flexibility index (Phi) is 6.37. The molecule has 3 aromatic heterocycles. The van der Waals surface area contributed by atoms with E-state index in [1.54, 1.807) is 24.5 Å². The molecule has 188 valence electrons. The Hall–Kier alpha value is -3.90. The van der Waals surface area contributed by atoms with Crippen molar-refractivity contribution in [3.63, 3.8) is 0 Å². The van der Waals surface area contributed by atoms with Gasteiger partial charge in [0.25, 0.3) is 0 Å². The molecule has 4 aromatic rings. The van der Waals surface area contributed by atoms with Crippen molar-refractivity contribution in [1.82, 2.24) is 24.8 Å². The number of rotatable bonds is 7. The second-order valence-electron chi connectivity index (χ2n) is 8.83. The first-order valence-electron chi connectivity index (χ1n) is 11.6. The molecule has 11 nitrogen and oxygen atoms in total. The Morgan fingerprint density at radius 1 is 1.00 bits per heavy atom. The lowest BCUT2D eigenvalue weighted by Crippen LogP contribution is -2.44. The minimum atomic E-state index is -3.44. The first-order valence-corrected chi connectivity index (χ1v) is 13.4. The van der Waals surface area contributed by atoms with Gasteiger partial charge in [0.1, 0.15) is 17.3 Å². The highest BCUT2D eigenvalue weighted by molar-refractivity contribution is 7.92. The summed E-state index contributed by atoms with van der Waals surface area (Å²) in [6, 6.07) is 13.0. The average molecular weight is 508 g/mol. The Balaban J connectivity index is 1.40. The molecule has 1 aromatic carbocycles. The molecular formula is C24H29N9O2S. The fourth-order valence-corrected chi connectivity index (χ4v) is 4.58. The SMILES string of the molecule is CN1CCN(c2ccc(Nc3nc(Nc4ccccc4N(C)S(C)(=O)=O)c4cc[nH]c4n3)cn2)CC1. The molecule has 0 saturated carbocycles. The average Bonchev–Trinajstić information content (AvgIpc) is 3.33. The fraction of sp³-hybridized carbons (Fsp3) is 0.292. The maximum absolute atomic E-state index is 12.2. The van der Waals surface area contributed by atoms with E-state index >= 15 is 0 Å². The highest BCUT2D eigenvalue weighted by Crippen LogP contribution is 2.32. The smallest absolute Gasteiger partial charge is 0.232 e. The van der Waals surface area contributed by atoms with Crippen LogP contribution in [0.5, 0.6) is 0 Å². The Morgan fingerprint density at radius 3 is 2.50 bits per heavy atom. The highest BCUT2D eigenvalue weighted by atomic mass is 32.2. The predicted octanol–water partition coefficient (Wildman–Crippen LogP) is 2.99. The number of likely N-dealkylation sites (N-methyl/N-ethyl adjacent to an activating group) is 1. The molecule has 1 fully saturated rings. The zero-order valence-electron chi connectivity index (χ0n) is 20.4. The van der Waals surface area contributed by atoms with E-state index in [2.05, 4.69) is 47.4 Å². The van der Waals surface area contributed by atoms with Gasteiger partial charge in [0.15, 0.2) is 0 Å². The number of fused-ring (bicyclic) bond motifs is 1. The molecular weight excluding hydrogens is 478 g/mol. The molecule has 36 heavy (non-hydrogen) atoms. The quantitative estimate of drug-likeness (QED) is 0.346. The molecule has 5 rings (SSSR count). The third-order valence-corrected chi connectivity index (χ3v) is 7.43. The summed E-state index contributed by atoms with van der Waals surface area (Å²) >= 11 is 0. The molecule has 12 heteroatoms. The van der Waals surface area contributed by atoms with Crippen LogP contribution < -0.4 is 19.8 Å². The van der Waals surface area contributed by atoms with Crippen LogP contribution in [0.3, 0.4) is 0 Å². The van der Waals surface area contributed by atoms with E-state index in [0.717, 1.165) is 43.1 Å². The van der Waals surface area contributed by atoms with Crippen molar-refractivity contribution in [2.75, 3.05) is 66.4 Å². The second-order valence-corrected chi connectivity index (χ2v) is 10.8. The maximum Gasteiger partial charge on any atom is 0.232 e. The Morgan fingerprint density at radius 2 is 1.78 bits per heavy atom. The van der Waals surface area contributed by atoms with Gasteiger partial charge in [0.2, 0.25) is 16.0 Å². The summed E-state index contributed by atoms with van der Waals surface area (Å²) < 4.78 is 25.5. The van der Waals surface area contributed by atoms with Crippen molar-refractivity contribution in [2.24, 2.45) is 0 Å². The van der Waals surface area contributed by atoms with E-state index in [1.807, 2.05) is 30.3 Å². The summed E-state index contributed by atoms with van der Waals surface area (Å²) in [6.07, 6.45) is 4.73. The normalized spacial score (nSPS) is 14.7. The summed E-state index contributed by atoms with van der Waals surface area (Å²) in [5, 5.41) is 7.30. The van der Waals surface area contributed by atoms with Crippen LogP contribution in [0.15, 0.2) is 54.9 Å². The number of hydrogen-bond donors (Lipinski definition) is 3. The topological polar surface area (TPSA) is 122 Å².